The smallest absolute Gasteiger partial charge is 0.257 e. The number of nitrogens with one attached hydrogen (secondary N) is 1. The summed E-state index contributed by atoms with van der Waals surface area (Å²) in [7, 11) is 0. The number of piperidine rings is 1. The Hall–Kier alpha value is -4.17. The van der Waals surface area contributed by atoms with Gasteiger partial charge in [-0.05, 0) is 86.2 Å². The van der Waals surface area contributed by atoms with Crippen molar-refractivity contribution in [2.45, 2.75) is 44.9 Å². The van der Waals surface area contributed by atoms with E-state index in [0.29, 0.717) is 24.9 Å². The molecular formula is C33H36FN5O2. The van der Waals surface area contributed by atoms with E-state index < -0.39 is 18.1 Å². The van der Waals surface area contributed by atoms with Crippen molar-refractivity contribution in [1.82, 2.24) is 14.7 Å². The molecule has 0 radical (unpaired) electrons. The molecule has 1 aromatic heterocycles. The first kappa shape index (κ1) is 27.0. The topological polar surface area (TPSA) is 73.6 Å². The van der Waals surface area contributed by atoms with Gasteiger partial charge in [0.2, 0.25) is 0 Å². The van der Waals surface area contributed by atoms with E-state index in [1.165, 1.54) is 18.9 Å². The summed E-state index contributed by atoms with van der Waals surface area (Å²) >= 11 is 0. The van der Waals surface area contributed by atoms with E-state index in [2.05, 4.69) is 27.4 Å². The van der Waals surface area contributed by atoms with Crippen molar-refractivity contribution in [3.63, 3.8) is 0 Å². The molecule has 0 aliphatic carbocycles. The zero-order valence-electron chi connectivity index (χ0n) is 23.3. The molecule has 0 bridgehead atoms. The lowest BCUT2D eigenvalue weighted by Gasteiger charge is -2.44. The van der Waals surface area contributed by atoms with E-state index >= 15 is 0 Å². The molecule has 6 rings (SSSR count). The van der Waals surface area contributed by atoms with Crippen LogP contribution in [0, 0.1) is 18.7 Å². The Balaban J connectivity index is 1.33. The van der Waals surface area contributed by atoms with Crippen LogP contribution in [0.15, 0.2) is 85.2 Å². The van der Waals surface area contributed by atoms with Gasteiger partial charge in [-0.25, -0.2) is 9.07 Å². The predicted octanol–water partition coefficient (Wildman–Crippen LogP) is 5.94. The molecule has 0 spiro atoms. The van der Waals surface area contributed by atoms with Gasteiger partial charge in [0.15, 0.2) is 0 Å². The summed E-state index contributed by atoms with van der Waals surface area (Å²) in [6, 6.07) is 22.2. The second kappa shape index (κ2) is 11.7. The van der Waals surface area contributed by atoms with Crippen LogP contribution in [0.1, 0.15) is 53.2 Å². The highest BCUT2D eigenvalue weighted by Gasteiger charge is 2.40. The van der Waals surface area contributed by atoms with E-state index in [1.54, 1.807) is 34.8 Å². The van der Waals surface area contributed by atoms with Crippen LogP contribution in [0.3, 0.4) is 0 Å². The number of carbonyl (C=O) groups excluding carboxylic acids is 1. The number of benzene rings is 3. The highest BCUT2D eigenvalue weighted by Crippen LogP contribution is 2.40. The molecule has 7 nitrogen and oxygen atoms in total. The van der Waals surface area contributed by atoms with Crippen LogP contribution in [-0.2, 0) is 0 Å². The van der Waals surface area contributed by atoms with Gasteiger partial charge in [-0.15, -0.1) is 0 Å². The van der Waals surface area contributed by atoms with Crippen LogP contribution in [-0.4, -0.2) is 51.6 Å². The molecule has 3 atom stereocenters. The number of anilines is 2. The summed E-state index contributed by atoms with van der Waals surface area (Å²) in [6.45, 7) is 4.32. The number of aliphatic hydroxyl groups excluding tert-OH is 1. The van der Waals surface area contributed by atoms with Gasteiger partial charge in [0.1, 0.15) is 12.0 Å². The predicted molar refractivity (Wildman–Crippen MR) is 159 cm³/mol. The maximum absolute atomic E-state index is 15.0. The lowest BCUT2D eigenvalue weighted by Crippen LogP contribution is -2.48. The fourth-order valence-electron chi connectivity index (χ4n) is 6.35. The number of hydrogen-bond donors (Lipinski definition) is 2. The van der Waals surface area contributed by atoms with Crippen LogP contribution >= 0.6 is 0 Å². The molecule has 3 aromatic carbocycles. The highest BCUT2D eigenvalue weighted by atomic mass is 19.1. The number of hydrogen-bond acceptors (Lipinski definition) is 5. The Kier molecular flexibility index (Phi) is 7.74. The van der Waals surface area contributed by atoms with Gasteiger partial charge < -0.3 is 20.2 Å². The van der Waals surface area contributed by atoms with Gasteiger partial charge in [-0.2, -0.15) is 5.10 Å². The molecule has 2 fully saturated rings. The van der Waals surface area contributed by atoms with Gasteiger partial charge in [0.25, 0.3) is 5.91 Å². The van der Waals surface area contributed by atoms with Gasteiger partial charge in [-0.3, -0.25) is 4.79 Å². The first-order valence-electron chi connectivity index (χ1n) is 14.5. The van der Waals surface area contributed by atoms with Crippen LogP contribution in [0.5, 0.6) is 0 Å². The molecule has 3 heterocycles. The molecule has 212 valence electrons. The van der Waals surface area contributed by atoms with Crippen molar-refractivity contribution >= 4 is 17.3 Å². The van der Waals surface area contributed by atoms with E-state index in [1.807, 2.05) is 48.7 Å². The summed E-state index contributed by atoms with van der Waals surface area (Å²) in [5.41, 5.74) is 4.45. The maximum Gasteiger partial charge on any atom is 0.257 e. The third kappa shape index (κ3) is 5.57. The van der Waals surface area contributed by atoms with Crippen molar-refractivity contribution < 1.29 is 14.3 Å². The Bertz CT molecular complexity index is 1460. The Morgan fingerprint density at radius 3 is 2.49 bits per heavy atom. The van der Waals surface area contributed by atoms with Crippen molar-refractivity contribution in [1.29, 1.82) is 0 Å². The second-order valence-corrected chi connectivity index (χ2v) is 11.1. The number of carbonyl (C=O) groups is 1. The molecule has 4 aromatic rings. The highest BCUT2D eigenvalue weighted by molar-refractivity contribution is 5.96. The largest absolute Gasteiger partial charge is 0.373 e. The second-order valence-electron chi connectivity index (χ2n) is 11.1. The minimum absolute atomic E-state index is 0.0899. The van der Waals surface area contributed by atoms with Crippen molar-refractivity contribution in [3.8, 4) is 5.69 Å². The van der Waals surface area contributed by atoms with E-state index in [-0.39, 0.29) is 17.4 Å². The quantitative estimate of drug-likeness (QED) is 0.277. The standard InChI is InChI=1S/C33H36FN5O2/c1-23-8-4-12-29(34)30(23)33(41)38-20-6-11-28(31(38)24-13-15-26(16-14-24)39-21-7-17-35-39)32(40)36-25-9-5-10-27(22-25)37-18-2-3-19-37/h4-5,7-10,12-17,21-22,28,31-32,36,40H,2-3,6,11,18-20H2,1H3/t28?,31-,32+/m0/s1. The van der Waals surface area contributed by atoms with Gasteiger partial charge in [0, 0.05) is 49.3 Å². The average Bonchev–Trinajstić information content (AvgIpc) is 3.72. The lowest BCUT2D eigenvalue weighted by atomic mass is 9.82. The molecule has 2 N–H and O–H groups in total. The number of aryl methyl sites for hydroxylation is 1. The van der Waals surface area contributed by atoms with Crippen molar-refractivity contribution in [2.24, 2.45) is 5.92 Å². The van der Waals surface area contributed by atoms with E-state index in [4.69, 9.17) is 0 Å². The number of nitrogens with zero attached hydrogens (tertiary/aromatic N) is 4. The van der Waals surface area contributed by atoms with Crippen LogP contribution in [0.4, 0.5) is 15.8 Å². The molecule has 1 amide bonds. The number of amides is 1. The molecule has 8 heteroatoms. The summed E-state index contributed by atoms with van der Waals surface area (Å²) < 4.78 is 16.8. The molecule has 2 saturated heterocycles. The molecular weight excluding hydrogens is 517 g/mol. The Morgan fingerprint density at radius 2 is 1.76 bits per heavy atom. The van der Waals surface area contributed by atoms with E-state index in [9.17, 15) is 14.3 Å². The number of rotatable bonds is 7. The number of likely N-dealkylation sites (tertiary alicyclic amines) is 1. The van der Waals surface area contributed by atoms with Crippen molar-refractivity contribution in [2.75, 3.05) is 29.9 Å². The molecule has 2 aliphatic rings. The minimum Gasteiger partial charge on any atom is -0.373 e. The molecule has 1 unspecified atom stereocenters. The number of halogens is 1. The van der Waals surface area contributed by atoms with Crippen LogP contribution in [0.2, 0.25) is 0 Å². The SMILES string of the molecule is Cc1cccc(F)c1C(=O)N1CCCC([C@@H](O)Nc2cccc(N3CCCC3)c2)[C@@H]1c1ccc(-n2cccn2)cc1. The van der Waals surface area contributed by atoms with Gasteiger partial charge in [0.05, 0.1) is 17.3 Å². The van der Waals surface area contributed by atoms with Gasteiger partial charge >= 0.3 is 0 Å². The van der Waals surface area contributed by atoms with Crippen molar-refractivity contribution in [3.05, 3.63) is 108 Å². The zero-order valence-corrected chi connectivity index (χ0v) is 23.3. The summed E-state index contributed by atoms with van der Waals surface area (Å²) in [4.78, 5) is 18.1. The van der Waals surface area contributed by atoms with Gasteiger partial charge in [-0.1, -0.05) is 30.3 Å². The first-order valence-corrected chi connectivity index (χ1v) is 14.5. The normalized spacial score (nSPS) is 19.8. The third-order valence-electron chi connectivity index (χ3n) is 8.42. The fourth-order valence-corrected chi connectivity index (χ4v) is 6.35. The average molecular weight is 554 g/mol. The Labute approximate surface area is 240 Å². The molecule has 2 aliphatic heterocycles. The third-order valence-corrected chi connectivity index (χ3v) is 8.42. The number of aliphatic hydroxyl groups is 1. The van der Waals surface area contributed by atoms with Crippen LogP contribution in [0.25, 0.3) is 5.69 Å². The fraction of sp³-hybridized carbons (Fsp3) is 0.333. The molecule has 0 saturated carbocycles. The lowest BCUT2D eigenvalue weighted by molar-refractivity contribution is 0.0158. The van der Waals surface area contributed by atoms with E-state index in [0.717, 1.165) is 35.7 Å². The van der Waals surface area contributed by atoms with Crippen LogP contribution < -0.4 is 10.2 Å². The number of aromatic nitrogens is 2. The summed E-state index contributed by atoms with van der Waals surface area (Å²) in [5.74, 6) is -1.19. The molecule has 41 heavy (non-hydrogen) atoms. The Morgan fingerprint density at radius 1 is 0.976 bits per heavy atom. The zero-order chi connectivity index (χ0) is 28.3. The minimum atomic E-state index is -0.920. The summed E-state index contributed by atoms with van der Waals surface area (Å²) in [5, 5.41) is 19.3. The summed E-state index contributed by atoms with van der Waals surface area (Å²) in [6.07, 6.45) is 6.48. The maximum atomic E-state index is 15.0. The monoisotopic (exact) mass is 553 g/mol. The first-order chi connectivity index (χ1) is 20.0.